The highest BCUT2D eigenvalue weighted by molar-refractivity contribution is 5.81. The normalized spacial score (nSPS) is 9.93. The van der Waals surface area contributed by atoms with Gasteiger partial charge in [-0.25, -0.2) is 4.79 Å². The van der Waals surface area contributed by atoms with Crippen LogP contribution in [0, 0.1) is 0 Å². The van der Waals surface area contributed by atoms with E-state index in [4.69, 9.17) is 9.47 Å². The molecule has 0 saturated carbocycles. The van der Waals surface area contributed by atoms with Gasteiger partial charge in [0.15, 0.2) is 0 Å². The second-order valence-electron chi connectivity index (χ2n) is 3.40. The van der Waals surface area contributed by atoms with Crippen LogP contribution in [-0.2, 0) is 14.3 Å². The van der Waals surface area contributed by atoms with Gasteiger partial charge in [0, 0.05) is 19.3 Å². The van der Waals surface area contributed by atoms with Crippen molar-refractivity contribution in [1.29, 1.82) is 0 Å². The van der Waals surface area contributed by atoms with Crippen molar-refractivity contribution >= 4 is 5.97 Å². The van der Waals surface area contributed by atoms with Gasteiger partial charge in [0.05, 0.1) is 6.61 Å². The first-order valence-electron chi connectivity index (χ1n) is 5.68. The molecule has 0 heterocycles. The van der Waals surface area contributed by atoms with E-state index in [1.807, 2.05) is 0 Å². The van der Waals surface area contributed by atoms with Gasteiger partial charge in [-0.15, -0.1) is 0 Å². The molecule has 0 rings (SSSR count). The van der Waals surface area contributed by atoms with Gasteiger partial charge in [0.25, 0.3) is 0 Å². The van der Waals surface area contributed by atoms with Crippen LogP contribution in [0.2, 0.25) is 0 Å². The van der Waals surface area contributed by atoms with Crippen LogP contribution in [-0.4, -0.2) is 25.8 Å². The number of carbonyl (C=O) groups excluding carboxylic acids is 1. The summed E-state index contributed by atoms with van der Waals surface area (Å²) in [5, 5.41) is 0. The minimum Gasteiger partial charge on any atom is -0.463 e. The standard InChI is InChI=1S/C12H22O3/c1-3-5-9-14-10-7-6-8-11-15-12(13)4-2/h4H,2-3,5-11H2,1H3. The molecule has 0 saturated heterocycles. The summed E-state index contributed by atoms with van der Waals surface area (Å²) in [7, 11) is 0. The Kier molecular flexibility index (Phi) is 10.6. The second-order valence-corrected chi connectivity index (χ2v) is 3.40. The van der Waals surface area contributed by atoms with Crippen LogP contribution in [0.25, 0.3) is 0 Å². The third kappa shape index (κ3) is 11.1. The first-order chi connectivity index (χ1) is 7.31. The lowest BCUT2D eigenvalue weighted by Gasteiger charge is -2.03. The monoisotopic (exact) mass is 214 g/mol. The summed E-state index contributed by atoms with van der Waals surface area (Å²) in [6.45, 7) is 7.64. The predicted molar refractivity (Wildman–Crippen MR) is 60.7 cm³/mol. The van der Waals surface area contributed by atoms with E-state index in [0.717, 1.165) is 38.9 Å². The third-order valence-corrected chi connectivity index (χ3v) is 1.99. The van der Waals surface area contributed by atoms with E-state index >= 15 is 0 Å². The maximum atomic E-state index is 10.7. The molecule has 0 N–H and O–H groups in total. The molecule has 88 valence electrons. The zero-order chi connectivity index (χ0) is 11.4. The molecule has 0 aromatic rings. The summed E-state index contributed by atoms with van der Waals surface area (Å²) in [5.74, 6) is -0.339. The van der Waals surface area contributed by atoms with Gasteiger partial charge in [0.2, 0.25) is 0 Å². The van der Waals surface area contributed by atoms with Crippen LogP contribution in [0.5, 0.6) is 0 Å². The van der Waals surface area contributed by atoms with Gasteiger partial charge in [0.1, 0.15) is 0 Å². The molecule has 0 unspecified atom stereocenters. The van der Waals surface area contributed by atoms with Crippen LogP contribution in [0.3, 0.4) is 0 Å². The number of unbranched alkanes of at least 4 members (excludes halogenated alkanes) is 3. The number of esters is 1. The Morgan fingerprint density at radius 2 is 1.80 bits per heavy atom. The van der Waals surface area contributed by atoms with Crippen molar-refractivity contribution in [2.75, 3.05) is 19.8 Å². The molecule has 0 spiro atoms. The summed E-state index contributed by atoms with van der Waals surface area (Å²) in [5.41, 5.74) is 0. The molecule has 0 aliphatic rings. The second kappa shape index (κ2) is 11.2. The Bertz CT molecular complexity index is 166. The Labute approximate surface area is 92.5 Å². The molecule has 0 fully saturated rings. The summed E-state index contributed by atoms with van der Waals surface area (Å²) in [4.78, 5) is 10.7. The molecule has 0 atom stereocenters. The summed E-state index contributed by atoms with van der Waals surface area (Å²) < 4.78 is 10.2. The lowest BCUT2D eigenvalue weighted by atomic mass is 10.2. The van der Waals surface area contributed by atoms with E-state index in [-0.39, 0.29) is 5.97 Å². The number of hydrogen-bond acceptors (Lipinski definition) is 3. The third-order valence-electron chi connectivity index (χ3n) is 1.99. The molecular weight excluding hydrogens is 192 g/mol. The first kappa shape index (κ1) is 14.2. The van der Waals surface area contributed by atoms with E-state index in [1.165, 1.54) is 12.5 Å². The molecule has 0 aliphatic heterocycles. The predicted octanol–water partition coefficient (Wildman–Crippen LogP) is 2.70. The van der Waals surface area contributed by atoms with Gasteiger partial charge >= 0.3 is 5.97 Å². The van der Waals surface area contributed by atoms with E-state index in [2.05, 4.69) is 13.5 Å². The average molecular weight is 214 g/mol. The lowest BCUT2D eigenvalue weighted by Crippen LogP contribution is -2.02. The highest BCUT2D eigenvalue weighted by atomic mass is 16.5. The summed E-state index contributed by atoms with van der Waals surface area (Å²) in [6.07, 6.45) is 6.48. The molecule has 0 radical (unpaired) electrons. The van der Waals surface area contributed by atoms with Gasteiger partial charge in [-0.1, -0.05) is 19.9 Å². The number of ether oxygens (including phenoxy) is 2. The fraction of sp³-hybridized carbons (Fsp3) is 0.750. The van der Waals surface area contributed by atoms with Crippen molar-refractivity contribution in [3.63, 3.8) is 0 Å². The summed E-state index contributed by atoms with van der Waals surface area (Å²) in [6, 6.07) is 0. The van der Waals surface area contributed by atoms with Crippen LogP contribution < -0.4 is 0 Å². The van der Waals surface area contributed by atoms with Gasteiger partial charge in [-0.3, -0.25) is 0 Å². The van der Waals surface area contributed by atoms with Crippen molar-refractivity contribution in [2.24, 2.45) is 0 Å². The summed E-state index contributed by atoms with van der Waals surface area (Å²) >= 11 is 0. The SMILES string of the molecule is C=CC(=O)OCCCCCOCCCC. The van der Waals surface area contributed by atoms with Crippen molar-refractivity contribution in [3.8, 4) is 0 Å². The first-order valence-corrected chi connectivity index (χ1v) is 5.68. The molecule has 15 heavy (non-hydrogen) atoms. The zero-order valence-electron chi connectivity index (χ0n) is 9.67. The van der Waals surface area contributed by atoms with Gasteiger partial charge in [-0.2, -0.15) is 0 Å². The van der Waals surface area contributed by atoms with E-state index in [1.54, 1.807) is 0 Å². The highest BCUT2D eigenvalue weighted by Gasteiger charge is 1.95. The minimum atomic E-state index is -0.339. The van der Waals surface area contributed by atoms with Crippen molar-refractivity contribution < 1.29 is 14.3 Å². The van der Waals surface area contributed by atoms with Crippen molar-refractivity contribution in [1.82, 2.24) is 0 Å². The fourth-order valence-corrected chi connectivity index (χ4v) is 1.06. The van der Waals surface area contributed by atoms with E-state index in [0.29, 0.717) is 6.61 Å². The number of carbonyl (C=O) groups is 1. The molecule has 0 bridgehead atoms. The van der Waals surface area contributed by atoms with Crippen LogP contribution in [0.4, 0.5) is 0 Å². The Morgan fingerprint density at radius 1 is 1.13 bits per heavy atom. The highest BCUT2D eigenvalue weighted by Crippen LogP contribution is 1.98. The van der Waals surface area contributed by atoms with Crippen molar-refractivity contribution in [3.05, 3.63) is 12.7 Å². The zero-order valence-corrected chi connectivity index (χ0v) is 9.67. The smallest absolute Gasteiger partial charge is 0.330 e. The molecule has 3 heteroatoms. The van der Waals surface area contributed by atoms with E-state index < -0.39 is 0 Å². The maximum absolute atomic E-state index is 10.7. The quantitative estimate of drug-likeness (QED) is 0.318. The molecular formula is C12H22O3. The van der Waals surface area contributed by atoms with Crippen LogP contribution in [0.15, 0.2) is 12.7 Å². The number of hydrogen-bond donors (Lipinski definition) is 0. The average Bonchev–Trinajstić information content (AvgIpc) is 2.26. The Balaban J connectivity index is 2.98. The number of rotatable bonds is 10. The Morgan fingerprint density at radius 3 is 2.47 bits per heavy atom. The molecule has 0 aromatic carbocycles. The molecule has 3 nitrogen and oxygen atoms in total. The van der Waals surface area contributed by atoms with Crippen molar-refractivity contribution in [2.45, 2.75) is 39.0 Å². The van der Waals surface area contributed by atoms with Crippen LogP contribution in [0.1, 0.15) is 39.0 Å². The lowest BCUT2D eigenvalue weighted by molar-refractivity contribution is -0.137. The topological polar surface area (TPSA) is 35.5 Å². The molecule has 0 aromatic heterocycles. The molecule has 0 aliphatic carbocycles. The van der Waals surface area contributed by atoms with Crippen LogP contribution >= 0.6 is 0 Å². The van der Waals surface area contributed by atoms with Gasteiger partial charge in [-0.05, 0) is 25.7 Å². The van der Waals surface area contributed by atoms with E-state index in [9.17, 15) is 4.79 Å². The molecule has 0 amide bonds. The maximum Gasteiger partial charge on any atom is 0.330 e. The Hall–Kier alpha value is -0.830. The fourth-order valence-electron chi connectivity index (χ4n) is 1.06. The minimum absolute atomic E-state index is 0.339. The van der Waals surface area contributed by atoms with Gasteiger partial charge < -0.3 is 9.47 Å². The largest absolute Gasteiger partial charge is 0.463 e.